The number of hydrogen-bond donors (Lipinski definition) is 3. The maximum atomic E-state index is 13.7. The van der Waals surface area contributed by atoms with Gasteiger partial charge in [-0.1, -0.05) is 60.7 Å². The van der Waals surface area contributed by atoms with Crippen molar-refractivity contribution in [2.24, 2.45) is 0 Å². The summed E-state index contributed by atoms with van der Waals surface area (Å²) in [6.07, 6.45) is -0.670. The van der Waals surface area contributed by atoms with E-state index in [4.69, 9.17) is 14.2 Å². The Morgan fingerprint density at radius 2 is 1.50 bits per heavy atom. The molecule has 42 heavy (non-hydrogen) atoms. The fourth-order valence-electron chi connectivity index (χ4n) is 4.91. The molecule has 220 valence electrons. The van der Waals surface area contributed by atoms with Crippen LogP contribution in [0, 0.1) is 0 Å². The van der Waals surface area contributed by atoms with E-state index in [0.29, 0.717) is 24.3 Å². The quantitative estimate of drug-likeness (QED) is 0.255. The van der Waals surface area contributed by atoms with Crippen LogP contribution in [0.1, 0.15) is 30.4 Å². The predicted octanol–water partition coefficient (Wildman–Crippen LogP) is 3.78. The smallest absolute Gasteiger partial charge is 0.375 e. The Labute approximate surface area is 241 Å². The molecule has 3 aromatic rings. The van der Waals surface area contributed by atoms with Crippen LogP contribution < -0.4 is 4.74 Å². The number of amides is 1. The number of carbonyl (C=O) groups is 4. The third-order valence-electron chi connectivity index (χ3n) is 7.10. The van der Waals surface area contributed by atoms with Crippen molar-refractivity contribution in [1.82, 2.24) is 4.90 Å². The average Bonchev–Trinajstić information content (AvgIpc) is 3.45. The van der Waals surface area contributed by atoms with Crippen LogP contribution in [0.3, 0.4) is 0 Å². The highest BCUT2D eigenvalue weighted by molar-refractivity contribution is 6.05. The summed E-state index contributed by atoms with van der Waals surface area (Å²) in [6, 6.07) is 25.0. The van der Waals surface area contributed by atoms with Gasteiger partial charge in [-0.15, -0.1) is 0 Å². The topological polar surface area (TPSA) is 160 Å². The van der Waals surface area contributed by atoms with Gasteiger partial charge in [0.2, 0.25) is 0 Å². The van der Waals surface area contributed by atoms with Gasteiger partial charge in [0.15, 0.2) is 6.10 Å². The van der Waals surface area contributed by atoms with E-state index in [0.717, 1.165) is 16.0 Å². The second-order valence-electron chi connectivity index (χ2n) is 9.86. The van der Waals surface area contributed by atoms with Gasteiger partial charge in [0, 0.05) is 12.0 Å². The molecule has 0 spiro atoms. The molecule has 1 saturated heterocycles. The molecule has 1 aliphatic heterocycles. The maximum Gasteiger partial charge on any atom is 0.375 e. The van der Waals surface area contributed by atoms with Gasteiger partial charge in [0.05, 0.1) is 6.61 Å². The van der Waals surface area contributed by atoms with Gasteiger partial charge in [-0.2, -0.15) is 0 Å². The lowest BCUT2D eigenvalue weighted by Crippen LogP contribution is -2.59. The fourth-order valence-corrected chi connectivity index (χ4v) is 4.91. The highest BCUT2D eigenvalue weighted by Crippen LogP contribution is 2.34. The molecule has 0 aliphatic carbocycles. The second-order valence-corrected chi connectivity index (χ2v) is 9.86. The minimum Gasteiger partial charge on any atom is -0.480 e. The number of carboxylic acids is 3. The molecule has 0 radical (unpaired) electrons. The van der Waals surface area contributed by atoms with E-state index in [1.807, 2.05) is 72.8 Å². The zero-order chi connectivity index (χ0) is 30.3. The highest BCUT2D eigenvalue weighted by Gasteiger charge is 2.59. The van der Waals surface area contributed by atoms with Crippen molar-refractivity contribution in [3.63, 3.8) is 0 Å². The average molecular weight is 578 g/mol. The molecule has 11 heteroatoms. The Morgan fingerprint density at radius 1 is 0.905 bits per heavy atom. The summed E-state index contributed by atoms with van der Waals surface area (Å²) in [5.41, 5.74) is 1.77. The van der Waals surface area contributed by atoms with E-state index in [9.17, 15) is 34.5 Å². The van der Waals surface area contributed by atoms with Crippen molar-refractivity contribution in [3.8, 4) is 11.5 Å². The van der Waals surface area contributed by atoms with Crippen LogP contribution in [0.2, 0.25) is 0 Å². The van der Waals surface area contributed by atoms with Crippen molar-refractivity contribution in [3.05, 3.63) is 96.1 Å². The van der Waals surface area contributed by atoms with Gasteiger partial charge < -0.3 is 34.4 Å². The molecule has 1 amide bonds. The minimum absolute atomic E-state index is 0.465. The van der Waals surface area contributed by atoms with E-state index in [-0.39, 0.29) is 0 Å². The summed E-state index contributed by atoms with van der Waals surface area (Å²) in [5.74, 6) is -8.34. The molecule has 0 aromatic heterocycles. The zero-order valence-electron chi connectivity index (χ0n) is 22.8. The maximum absolute atomic E-state index is 13.7. The zero-order valence-corrected chi connectivity index (χ0v) is 22.8. The first kappa shape index (κ1) is 30.2. The van der Waals surface area contributed by atoms with Crippen LogP contribution in [0.4, 0.5) is 0 Å². The molecule has 1 aliphatic rings. The Kier molecular flexibility index (Phi) is 9.56. The highest BCUT2D eigenvalue weighted by atomic mass is 16.8. The van der Waals surface area contributed by atoms with E-state index in [1.165, 1.54) is 0 Å². The van der Waals surface area contributed by atoms with E-state index in [1.54, 1.807) is 19.1 Å². The van der Waals surface area contributed by atoms with Gasteiger partial charge >= 0.3 is 23.7 Å². The summed E-state index contributed by atoms with van der Waals surface area (Å²) in [7, 11) is 0. The summed E-state index contributed by atoms with van der Waals surface area (Å²) >= 11 is 0. The van der Waals surface area contributed by atoms with Gasteiger partial charge in [0.25, 0.3) is 5.91 Å². The SMILES string of the molecule is CC(C(CCc1ccccc1)c1ccc(Oc2ccccc2)cc1)N(CC(=O)O)C(=O)C1(C(=O)O)OCC(C(=O)O)O1. The molecule has 1 heterocycles. The van der Waals surface area contributed by atoms with Crippen LogP contribution >= 0.6 is 0 Å². The van der Waals surface area contributed by atoms with E-state index < -0.39 is 60.8 Å². The molecule has 3 aromatic carbocycles. The molecular weight excluding hydrogens is 546 g/mol. The number of hydrogen-bond acceptors (Lipinski definition) is 7. The first-order valence-electron chi connectivity index (χ1n) is 13.3. The van der Waals surface area contributed by atoms with E-state index in [2.05, 4.69) is 0 Å². The number of ether oxygens (including phenoxy) is 3. The minimum atomic E-state index is -3.00. The molecule has 0 bridgehead atoms. The predicted molar refractivity (Wildman–Crippen MR) is 148 cm³/mol. The van der Waals surface area contributed by atoms with Crippen LogP contribution in [0.15, 0.2) is 84.9 Å². The standard InChI is InChI=1S/C31H31NO10/c1-20(32(18-27(33)34)29(37)31(30(38)39)40-19-26(42-31)28(35)36)25(17-12-21-8-4-2-5-9-21)22-13-15-24(16-14-22)41-23-10-6-3-7-11-23/h2-11,13-16,20,25-26H,12,17-19H2,1H3,(H,33,34)(H,35,36)(H,38,39). The Morgan fingerprint density at radius 3 is 2.05 bits per heavy atom. The summed E-state index contributed by atoms with van der Waals surface area (Å²) < 4.78 is 16.1. The monoisotopic (exact) mass is 577 g/mol. The van der Waals surface area contributed by atoms with Gasteiger partial charge in [-0.3, -0.25) is 9.59 Å². The summed E-state index contributed by atoms with van der Waals surface area (Å²) in [5, 5.41) is 28.9. The van der Waals surface area contributed by atoms with E-state index >= 15 is 0 Å². The lowest BCUT2D eigenvalue weighted by atomic mass is 9.85. The van der Waals surface area contributed by atoms with Crippen molar-refractivity contribution in [1.29, 1.82) is 0 Å². The Bertz CT molecular complexity index is 1400. The van der Waals surface area contributed by atoms with Gasteiger partial charge in [0.1, 0.15) is 18.0 Å². The Hall–Kier alpha value is -4.74. The molecule has 4 unspecified atom stereocenters. The number of para-hydroxylation sites is 1. The number of aryl methyl sites for hydroxylation is 1. The van der Waals surface area contributed by atoms with Crippen LogP contribution in [-0.4, -0.2) is 75.1 Å². The number of carbonyl (C=O) groups excluding carboxylic acids is 1. The molecule has 4 rings (SSSR count). The van der Waals surface area contributed by atoms with Crippen LogP contribution in [0.25, 0.3) is 0 Å². The fraction of sp³-hybridized carbons (Fsp3) is 0.290. The normalized spacial score (nSPS) is 19.4. The third-order valence-corrected chi connectivity index (χ3v) is 7.10. The summed E-state index contributed by atoms with van der Waals surface area (Å²) in [4.78, 5) is 50.2. The molecule has 4 atom stereocenters. The number of nitrogens with zero attached hydrogens (tertiary/aromatic N) is 1. The van der Waals surface area contributed by atoms with Crippen molar-refractivity contribution >= 4 is 23.8 Å². The lowest BCUT2D eigenvalue weighted by Gasteiger charge is -2.37. The van der Waals surface area contributed by atoms with Crippen LogP contribution in [0.5, 0.6) is 11.5 Å². The van der Waals surface area contributed by atoms with Gasteiger partial charge in [-0.25, -0.2) is 9.59 Å². The molecule has 0 saturated carbocycles. The lowest BCUT2D eigenvalue weighted by molar-refractivity contribution is -0.216. The second kappa shape index (κ2) is 13.3. The van der Waals surface area contributed by atoms with Crippen molar-refractivity contribution < 1.29 is 48.7 Å². The first-order valence-corrected chi connectivity index (χ1v) is 13.3. The Balaban J connectivity index is 1.67. The number of aliphatic carboxylic acids is 3. The van der Waals surface area contributed by atoms with Gasteiger partial charge in [-0.05, 0) is 55.2 Å². The third kappa shape index (κ3) is 6.93. The summed E-state index contributed by atoms with van der Waals surface area (Å²) in [6.45, 7) is 0.0591. The molecule has 1 fully saturated rings. The molecule has 11 nitrogen and oxygen atoms in total. The van der Waals surface area contributed by atoms with Crippen LogP contribution in [-0.2, 0) is 35.1 Å². The van der Waals surface area contributed by atoms with Crippen molar-refractivity contribution in [2.75, 3.05) is 13.2 Å². The number of benzene rings is 3. The number of carboxylic acid groups (broad SMARTS) is 3. The van der Waals surface area contributed by atoms with Crippen molar-refractivity contribution in [2.45, 2.75) is 43.6 Å². The number of rotatable bonds is 13. The molecular formula is C31H31NO10. The largest absolute Gasteiger partial charge is 0.480 e. The first-order chi connectivity index (χ1) is 20.1. The molecule has 3 N–H and O–H groups in total.